The molecule has 1 saturated heterocycles. The largest absolute Gasteiger partial charge is 0.416 e. The second-order valence-electron chi connectivity index (χ2n) is 5.89. The fourth-order valence-corrected chi connectivity index (χ4v) is 2.41. The van der Waals surface area contributed by atoms with Gasteiger partial charge in [-0.15, -0.1) is 0 Å². The van der Waals surface area contributed by atoms with Gasteiger partial charge in [-0.2, -0.15) is 13.2 Å². The van der Waals surface area contributed by atoms with Gasteiger partial charge < -0.3 is 5.32 Å². The summed E-state index contributed by atoms with van der Waals surface area (Å²) in [5.41, 5.74) is -0.983. The number of hydrogen-bond acceptors (Lipinski definition) is 2. The van der Waals surface area contributed by atoms with E-state index in [0.29, 0.717) is 0 Å². The summed E-state index contributed by atoms with van der Waals surface area (Å²) in [5.74, 6) is -3.89. The van der Waals surface area contributed by atoms with Gasteiger partial charge in [0.2, 0.25) is 0 Å². The fraction of sp³-hybridized carbons (Fsp3) is 0.533. The first-order chi connectivity index (χ1) is 10.5. The second kappa shape index (κ2) is 6.07. The number of benzene rings is 1. The minimum absolute atomic E-state index is 0.00294. The highest BCUT2D eigenvalue weighted by molar-refractivity contribution is 5.94. The van der Waals surface area contributed by atoms with Gasteiger partial charge in [-0.1, -0.05) is 0 Å². The molecular formula is C15H17F5N2O. The minimum atomic E-state index is -4.51. The maximum absolute atomic E-state index is 13.9. The van der Waals surface area contributed by atoms with Gasteiger partial charge >= 0.3 is 6.18 Å². The summed E-state index contributed by atoms with van der Waals surface area (Å²) in [5, 5.41) is 2.22. The number of nitrogens with zero attached hydrogens (tertiary/aromatic N) is 1. The fourth-order valence-electron chi connectivity index (χ4n) is 2.41. The second-order valence-corrected chi connectivity index (χ2v) is 5.89. The van der Waals surface area contributed by atoms with Crippen molar-refractivity contribution in [3.05, 3.63) is 35.4 Å². The number of hydrogen-bond donors (Lipinski definition) is 1. The van der Waals surface area contributed by atoms with Gasteiger partial charge in [0.15, 0.2) is 0 Å². The lowest BCUT2D eigenvalue weighted by Gasteiger charge is -2.19. The molecule has 0 saturated carbocycles. The van der Waals surface area contributed by atoms with Crippen LogP contribution >= 0.6 is 0 Å². The number of carbonyl (C=O) groups excluding carboxylic acids is 1. The Morgan fingerprint density at radius 1 is 1.26 bits per heavy atom. The van der Waals surface area contributed by atoms with E-state index in [9.17, 15) is 26.7 Å². The molecule has 0 aliphatic carbocycles. The summed E-state index contributed by atoms with van der Waals surface area (Å²) in [7, 11) is 0. The highest BCUT2D eigenvalue weighted by Crippen LogP contribution is 2.30. The molecule has 2 rings (SSSR count). The topological polar surface area (TPSA) is 32.3 Å². The molecular weight excluding hydrogens is 319 g/mol. The van der Waals surface area contributed by atoms with Crippen molar-refractivity contribution in [2.45, 2.75) is 38.0 Å². The summed E-state index contributed by atoms with van der Waals surface area (Å²) in [6, 6.07) is 2.01. The van der Waals surface area contributed by atoms with Crippen LogP contribution in [0, 0.1) is 0 Å². The standard InChI is InChI=1S/C15H17F5N2O/c1-9(2)22-7-12(14(16,17)8-22)21-13(23)10-3-5-11(6-4-10)15(18,19)20/h3-6,9,12H,7-8H2,1-2H3,(H,21,23). The molecule has 1 N–H and O–H groups in total. The van der Waals surface area contributed by atoms with E-state index in [-0.39, 0.29) is 18.2 Å². The Kier molecular flexibility index (Phi) is 4.66. The smallest absolute Gasteiger partial charge is 0.342 e. The molecule has 3 nitrogen and oxygen atoms in total. The van der Waals surface area contributed by atoms with Crippen LogP contribution in [0.2, 0.25) is 0 Å². The Balaban J connectivity index is 2.07. The van der Waals surface area contributed by atoms with Crippen LogP contribution in [0.3, 0.4) is 0 Å². The average molecular weight is 336 g/mol. The van der Waals surface area contributed by atoms with E-state index in [1.165, 1.54) is 4.90 Å². The lowest BCUT2D eigenvalue weighted by molar-refractivity contribution is -0.137. The predicted octanol–water partition coefficient (Wildman–Crippen LogP) is 3.16. The van der Waals surface area contributed by atoms with Crippen LogP contribution < -0.4 is 5.32 Å². The first kappa shape index (κ1) is 17.7. The van der Waals surface area contributed by atoms with Crippen LogP contribution in [-0.4, -0.2) is 41.9 Å². The molecule has 0 spiro atoms. The number of alkyl halides is 5. The van der Waals surface area contributed by atoms with E-state index < -0.39 is 36.2 Å². The first-order valence-corrected chi connectivity index (χ1v) is 7.10. The van der Waals surface area contributed by atoms with Crippen LogP contribution in [0.1, 0.15) is 29.8 Å². The van der Waals surface area contributed by atoms with Crippen molar-refractivity contribution >= 4 is 5.91 Å². The van der Waals surface area contributed by atoms with Crippen molar-refractivity contribution in [2.24, 2.45) is 0 Å². The van der Waals surface area contributed by atoms with Crippen molar-refractivity contribution in [1.29, 1.82) is 0 Å². The van der Waals surface area contributed by atoms with E-state index in [4.69, 9.17) is 0 Å². The van der Waals surface area contributed by atoms with Crippen molar-refractivity contribution in [2.75, 3.05) is 13.1 Å². The number of likely N-dealkylation sites (tertiary alicyclic amines) is 1. The molecule has 0 bridgehead atoms. The molecule has 1 atom stereocenters. The molecule has 8 heteroatoms. The molecule has 128 valence electrons. The Morgan fingerprint density at radius 2 is 1.83 bits per heavy atom. The molecule has 1 aromatic carbocycles. The summed E-state index contributed by atoms with van der Waals surface area (Å²) >= 11 is 0. The SMILES string of the molecule is CC(C)N1CC(NC(=O)c2ccc(C(F)(F)F)cc2)C(F)(F)C1. The molecule has 1 aliphatic heterocycles. The van der Waals surface area contributed by atoms with E-state index in [1.54, 1.807) is 13.8 Å². The third-order valence-electron chi connectivity index (χ3n) is 3.85. The number of nitrogens with one attached hydrogen (secondary N) is 1. The number of rotatable bonds is 3. The maximum atomic E-state index is 13.9. The Bertz CT molecular complexity index is 568. The third-order valence-corrected chi connectivity index (χ3v) is 3.85. The Hall–Kier alpha value is -1.70. The van der Waals surface area contributed by atoms with Crippen LogP contribution in [-0.2, 0) is 6.18 Å². The Morgan fingerprint density at radius 3 is 2.26 bits per heavy atom. The molecule has 23 heavy (non-hydrogen) atoms. The highest BCUT2D eigenvalue weighted by atomic mass is 19.4. The quantitative estimate of drug-likeness (QED) is 0.860. The van der Waals surface area contributed by atoms with Crippen molar-refractivity contribution in [3.8, 4) is 0 Å². The summed E-state index contributed by atoms with van der Waals surface area (Å²) in [6.45, 7) is 3.09. The lowest BCUT2D eigenvalue weighted by atomic mass is 10.1. The zero-order valence-electron chi connectivity index (χ0n) is 12.6. The van der Waals surface area contributed by atoms with Crippen molar-refractivity contribution in [3.63, 3.8) is 0 Å². The molecule has 1 heterocycles. The van der Waals surface area contributed by atoms with Crippen LogP contribution in [0.5, 0.6) is 0 Å². The van der Waals surface area contributed by atoms with Crippen LogP contribution in [0.15, 0.2) is 24.3 Å². The first-order valence-electron chi connectivity index (χ1n) is 7.10. The summed E-state index contributed by atoms with van der Waals surface area (Å²) in [4.78, 5) is 13.5. The van der Waals surface area contributed by atoms with Crippen molar-refractivity contribution < 1.29 is 26.7 Å². The number of amides is 1. The van der Waals surface area contributed by atoms with Gasteiger partial charge in [-0.25, -0.2) is 8.78 Å². The maximum Gasteiger partial charge on any atom is 0.416 e. The monoisotopic (exact) mass is 336 g/mol. The van der Waals surface area contributed by atoms with Gasteiger partial charge in [0.1, 0.15) is 6.04 Å². The zero-order chi connectivity index (χ0) is 17.4. The average Bonchev–Trinajstić information content (AvgIpc) is 2.73. The zero-order valence-corrected chi connectivity index (χ0v) is 12.6. The van der Waals surface area contributed by atoms with Crippen LogP contribution in [0.25, 0.3) is 0 Å². The lowest BCUT2D eigenvalue weighted by Crippen LogP contribution is -2.46. The van der Waals surface area contributed by atoms with Gasteiger partial charge in [0, 0.05) is 18.2 Å². The molecule has 0 aromatic heterocycles. The summed E-state index contributed by atoms with van der Waals surface area (Å²) in [6.07, 6.45) is -4.51. The highest BCUT2D eigenvalue weighted by Gasteiger charge is 2.49. The van der Waals surface area contributed by atoms with Crippen molar-refractivity contribution in [1.82, 2.24) is 10.2 Å². The molecule has 1 amide bonds. The molecule has 1 fully saturated rings. The minimum Gasteiger partial charge on any atom is -0.342 e. The molecule has 0 radical (unpaired) electrons. The van der Waals surface area contributed by atoms with E-state index in [2.05, 4.69) is 5.32 Å². The van der Waals surface area contributed by atoms with Gasteiger partial charge in [-0.3, -0.25) is 9.69 Å². The van der Waals surface area contributed by atoms with E-state index >= 15 is 0 Å². The van der Waals surface area contributed by atoms with Gasteiger partial charge in [0.05, 0.1) is 12.1 Å². The summed E-state index contributed by atoms with van der Waals surface area (Å²) < 4.78 is 65.2. The third kappa shape index (κ3) is 3.99. The molecule has 1 aliphatic rings. The van der Waals surface area contributed by atoms with Gasteiger partial charge in [-0.05, 0) is 38.1 Å². The van der Waals surface area contributed by atoms with E-state index in [1.807, 2.05) is 0 Å². The molecule has 1 unspecified atom stereocenters. The van der Waals surface area contributed by atoms with E-state index in [0.717, 1.165) is 24.3 Å². The van der Waals surface area contributed by atoms with Crippen LogP contribution in [0.4, 0.5) is 22.0 Å². The number of halogens is 5. The van der Waals surface area contributed by atoms with Gasteiger partial charge in [0.25, 0.3) is 11.8 Å². The predicted molar refractivity (Wildman–Crippen MR) is 74.4 cm³/mol. The molecule has 1 aromatic rings. The normalized spacial score (nSPS) is 21.7. The number of carbonyl (C=O) groups is 1. The Labute approximate surface area is 130 Å².